The van der Waals surface area contributed by atoms with Crippen molar-refractivity contribution in [2.24, 2.45) is 0 Å². The number of aromatic nitrogens is 3. The number of fused-ring (bicyclic) bond motifs is 1. The minimum absolute atomic E-state index is 0.944. The summed E-state index contributed by atoms with van der Waals surface area (Å²) >= 11 is 0. The van der Waals surface area contributed by atoms with Crippen molar-refractivity contribution in [2.75, 3.05) is 0 Å². The van der Waals surface area contributed by atoms with E-state index >= 15 is 0 Å². The number of rotatable bonds is 4. The van der Waals surface area contributed by atoms with Gasteiger partial charge < -0.3 is 0 Å². The maximum absolute atomic E-state index is 4.73. The lowest BCUT2D eigenvalue weighted by Gasteiger charge is -2.14. The molecule has 0 saturated heterocycles. The predicted octanol–water partition coefficient (Wildman–Crippen LogP) is 8.31. The molecule has 0 saturated carbocycles. The Morgan fingerprint density at radius 2 is 1.31 bits per heavy atom. The zero-order valence-electron chi connectivity index (χ0n) is 20.3. The Morgan fingerprint density at radius 1 is 0.528 bits per heavy atom. The lowest BCUT2D eigenvalue weighted by molar-refractivity contribution is 1.22. The van der Waals surface area contributed by atoms with Crippen molar-refractivity contribution in [3.63, 3.8) is 0 Å². The lowest BCUT2D eigenvalue weighted by Crippen LogP contribution is -1.92. The first kappa shape index (κ1) is 21.9. The van der Waals surface area contributed by atoms with E-state index in [1.54, 1.807) is 6.33 Å². The molecular weight excluding hydrogens is 438 g/mol. The van der Waals surface area contributed by atoms with Crippen LogP contribution in [0, 0.1) is 13.8 Å². The first-order chi connectivity index (χ1) is 17.7. The predicted molar refractivity (Wildman–Crippen MR) is 149 cm³/mol. The Morgan fingerprint density at radius 3 is 2.14 bits per heavy atom. The summed E-state index contributed by atoms with van der Waals surface area (Å²) in [5, 5.41) is 1.04. The summed E-state index contributed by atoms with van der Waals surface area (Å²) in [4.78, 5) is 13.6. The molecule has 2 aromatic heterocycles. The second-order valence-electron chi connectivity index (χ2n) is 9.20. The molecule has 4 aromatic carbocycles. The molecule has 172 valence electrons. The van der Waals surface area contributed by atoms with Gasteiger partial charge in [-0.05, 0) is 71.5 Å². The van der Waals surface area contributed by atoms with E-state index in [4.69, 9.17) is 4.98 Å². The van der Waals surface area contributed by atoms with Gasteiger partial charge in [-0.1, -0.05) is 78.4 Å². The molecule has 0 aliphatic rings. The van der Waals surface area contributed by atoms with Gasteiger partial charge in [0.05, 0.1) is 11.2 Å². The van der Waals surface area contributed by atoms with Crippen LogP contribution in [-0.4, -0.2) is 15.0 Å². The number of benzene rings is 4. The summed E-state index contributed by atoms with van der Waals surface area (Å²) in [6.45, 7) is 4.27. The average Bonchev–Trinajstić information content (AvgIpc) is 2.93. The highest BCUT2D eigenvalue weighted by Gasteiger charge is 2.13. The van der Waals surface area contributed by atoms with E-state index < -0.39 is 0 Å². The van der Waals surface area contributed by atoms with Crippen molar-refractivity contribution in [3.05, 3.63) is 127 Å². The Hall–Kier alpha value is -4.63. The number of hydrogen-bond donors (Lipinski definition) is 0. The molecule has 0 aliphatic carbocycles. The van der Waals surface area contributed by atoms with Gasteiger partial charge in [-0.25, -0.2) is 9.97 Å². The van der Waals surface area contributed by atoms with Crippen LogP contribution in [0.5, 0.6) is 0 Å². The van der Waals surface area contributed by atoms with E-state index in [1.165, 1.54) is 27.8 Å². The van der Waals surface area contributed by atoms with Crippen molar-refractivity contribution in [1.82, 2.24) is 15.0 Å². The minimum Gasteiger partial charge on any atom is -0.256 e. The summed E-state index contributed by atoms with van der Waals surface area (Å²) in [7, 11) is 0. The van der Waals surface area contributed by atoms with Gasteiger partial charge in [-0.3, -0.25) is 4.98 Å². The molecule has 0 atom stereocenters. The summed E-state index contributed by atoms with van der Waals surface area (Å²) in [6.07, 6.45) is 5.38. The third kappa shape index (κ3) is 4.16. The highest BCUT2D eigenvalue weighted by atomic mass is 14.8. The molecule has 6 aromatic rings. The zero-order chi connectivity index (χ0) is 24.5. The molecule has 3 nitrogen and oxygen atoms in total. The second-order valence-corrected chi connectivity index (χ2v) is 9.20. The summed E-state index contributed by atoms with van der Waals surface area (Å²) < 4.78 is 0. The van der Waals surface area contributed by atoms with Crippen molar-refractivity contribution in [1.29, 1.82) is 0 Å². The van der Waals surface area contributed by atoms with Gasteiger partial charge in [0.15, 0.2) is 0 Å². The van der Waals surface area contributed by atoms with Crippen LogP contribution in [0.15, 0.2) is 116 Å². The SMILES string of the molecule is Cc1ccc(-c2cc(C)cc(-c3ccc(-c4cccc(-c5ccccn5)c4)c4ncncc34)c2)cc1. The summed E-state index contributed by atoms with van der Waals surface area (Å²) in [5.74, 6) is 0. The van der Waals surface area contributed by atoms with Crippen LogP contribution >= 0.6 is 0 Å². The van der Waals surface area contributed by atoms with Crippen molar-refractivity contribution < 1.29 is 0 Å². The molecule has 0 radical (unpaired) electrons. The first-order valence-corrected chi connectivity index (χ1v) is 12.1. The second kappa shape index (κ2) is 9.20. The molecule has 0 aliphatic heterocycles. The molecule has 0 N–H and O–H groups in total. The topological polar surface area (TPSA) is 38.7 Å². The van der Waals surface area contributed by atoms with E-state index in [9.17, 15) is 0 Å². The van der Waals surface area contributed by atoms with E-state index in [0.717, 1.165) is 38.9 Å². The average molecular weight is 464 g/mol. The van der Waals surface area contributed by atoms with Gasteiger partial charge in [0.1, 0.15) is 6.33 Å². The fourth-order valence-electron chi connectivity index (χ4n) is 4.79. The fraction of sp³-hybridized carbons (Fsp3) is 0.0606. The zero-order valence-corrected chi connectivity index (χ0v) is 20.3. The van der Waals surface area contributed by atoms with Gasteiger partial charge in [0.25, 0.3) is 0 Å². The lowest BCUT2D eigenvalue weighted by atomic mass is 9.92. The molecule has 2 heterocycles. The minimum atomic E-state index is 0.944. The van der Waals surface area contributed by atoms with Crippen molar-refractivity contribution in [3.8, 4) is 44.6 Å². The van der Waals surface area contributed by atoms with Gasteiger partial charge >= 0.3 is 0 Å². The van der Waals surface area contributed by atoms with Crippen LogP contribution in [0.4, 0.5) is 0 Å². The number of aryl methyl sites for hydroxylation is 2. The van der Waals surface area contributed by atoms with Gasteiger partial charge in [0, 0.05) is 28.9 Å². The third-order valence-corrected chi connectivity index (χ3v) is 6.58. The van der Waals surface area contributed by atoms with Gasteiger partial charge in [0.2, 0.25) is 0 Å². The normalized spacial score (nSPS) is 11.1. The Labute approximate surface area is 211 Å². The molecule has 36 heavy (non-hydrogen) atoms. The van der Waals surface area contributed by atoms with E-state index in [-0.39, 0.29) is 0 Å². The van der Waals surface area contributed by atoms with Crippen LogP contribution in [-0.2, 0) is 0 Å². The smallest absolute Gasteiger partial charge is 0.116 e. The quantitative estimate of drug-likeness (QED) is 0.264. The number of pyridine rings is 1. The summed E-state index contributed by atoms with van der Waals surface area (Å²) in [5.41, 5.74) is 12.4. The Balaban J connectivity index is 1.49. The molecule has 6 rings (SSSR count). The maximum Gasteiger partial charge on any atom is 0.116 e. The fourth-order valence-corrected chi connectivity index (χ4v) is 4.79. The molecule has 0 amide bonds. The Kier molecular flexibility index (Phi) is 5.59. The number of nitrogens with zero attached hydrogens (tertiary/aromatic N) is 3. The van der Waals surface area contributed by atoms with Crippen LogP contribution < -0.4 is 0 Å². The molecule has 0 unspecified atom stereocenters. The van der Waals surface area contributed by atoms with E-state index in [1.807, 2.05) is 30.6 Å². The van der Waals surface area contributed by atoms with Gasteiger partial charge in [-0.2, -0.15) is 0 Å². The van der Waals surface area contributed by atoms with Gasteiger partial charge in [-0.15, -0.1) is 0 Å². The molecule has 3 heteroatoms. The maximum atomic E-state index is 4.73. The molecular formula is C33H25N3. The van der Waals surface area contributed by atoms with Crippen LogP contribution in [0.3, 0.4) is 0 Å². The Bertz CT molecular complexity index is 1690. The van der Waals surface area contributed by atoms with Crippen LogP contribution in [0.2, 0.25) is 0 Å². The van der Waals surface area contributed by atoms with E-state index in [0.29, 0.717) is 0 Å². The number of hydrogen-bond acceptors (Lipinski definition) is 3. The largest absolute Gasteiger partial charge is 0.256 e. The highest BCUT2D eigenvalue weighted by Crippen LogP contribution is 2.37. The van der Waals surface area contributed by atoms with E-state index in [2.05, 4.69) is 103 Å². The third-order valence-electron chi connectivity index (χ3n) is 6.58. The van der Waals surface area contributed by atoms with Crippen molar-refractivity contribution >= 4 is 10.9 Å². The van der Waals surface area contributed by atoms with Crippen LogP contribution in [0.1, 0.15) is 11.1 Å². The van der Waals surface area contributed by atoms with Crippen molar-refractivity contribution in [2.45, 2.75) is 13.8 Å². The summed E-state index contributed by atoms with van der Waals surface area (Å²) in [6, 6.07) is 34.3. The molecule has 0 spiro atoms. The molecule has 0 fully saturated rings. The monoisotopic (exact) mass is 463 g/mol. The van der Waals surface area contributed by atoms with Crippen LogP contribution in [0.25, 0.3) is 55.5 Å². The first-order valence-electron chi connectivity index (χ1n) is 12.1. The standard InChI is InChI=1S/C33H25N3/c1-22-9-11-24(12-10-22)27-16-23(2)17-28(19-27)29-13-14-30(33-31(29)20-34-21-36-33)25-6-5-7-26(18-25)32-8-3-4-15-35-32/h3-21H,1-2H3. The molecule has 0 bridgehead atoms. The highest BCUT2D eigenvalue weighted by molar-refractivity contribution is 6.03.